The zero-order valence-corrected chi connectivity index (χ0v) is 9.86. The van der Waals surface area contributed by atoms with Gasteiger partial charge in [-0.2, -0.15) is 0 Å². The number of benzene rings is 1. The fourth-order valence-corrected chi connectivity index (χ4v) is 2.05. The third-order valence-electron chi connectivity index (χ3n) is 1.90. The van der Waals surface area contributed by atoms with Gasteiger partial charge in [0.1, 0.15) is 0 Å². The van der Waals surface area contributed by atoms with Crippen LogP contribution in [0.4, 0.5) is 5.69 Å². The van der Waals surface area contributed by atoms with E-state index in [9.17, 15) is 4.79 Å². The number of nitrogens with one attached hydrogen (secondary N) is 1. The first-order valence-corrected chi connectivity index (χ1v) is 5.87. The molecule has 82 valence electrons. The Morgan fingerprint density at radius 3 is 2.93 bits per heavy atom. The first-order valence-electron chi connectivity index (χ1n) is 4.89. The van der Waals surface area contributed by atoms with Crippen LogP contribution in [0.5, 0.6) is 0 Å². The first kappa shape index (κ1) is 11.9. The molecular formula is C11H16N2OS. The zero-order chi connectivity index (χ0) is 11.3. The van der Waals surface area contributed by atoms with Crippen molar-refractivity contribution in [2.45, 2.75) is 18.7 Å². The summed E-state index contributed by atoms with van der Waals surface area (Å²) in [4.78, 5) is 12.2. The summed E-state index contributed by atoms with van der Waals surface area (Å²) in [7, 11) is 0. The third-order valence-corrected chi connectivity index (χ3v) is 2.97. The molecule has 0 aromatic heterocycles. The molecule has 0 saturated heterocycles. The molecule has 0 unspecified atom stereocenters. The Morgan fingerprint density at radius 1 is 1.53 bits per heavy atom. The number of carbonyl (C=O) groups is 1. The van der Waals surface area contributed by atoms with E-state index in [0.29, 0.717) is 12.3 Å². The molecule has 1 amide bonds. The van der Waals surface area contributed by atoms with Crippen molar-refractivity contribution in [2.24, 2.45) is 0 Å². The van der Waals surface area contributed by atoms with Crippen LogP contribution in [0.25, 0.3) is 0 Å². The molecule has 0 aliphatic heterocycles. The summed E-state index contributed by atoms with van der Waals surface area (Å²) in [5, 5.41) is 2.75. The van der Waals surface area contributed by atoms with Gasteiger partial charge in [0, 0.05) is 17.1 Å². The first-order chi connectivity index (χ1) is 7.13. The Labute approximate surface area is 94.4 Å². The summed E-state index contributed by atoms with van der Waals surface area (Å²) in [5.74, 6) is 0.463. The maximum atomic E-state index is 11.2. The van der Waals surface area contributed by atoms with Crippen LogP contribution in [0.2, 0.25) is 0 Å². The van der Waals surface area contributed by atoms with Crippen molar-refractivity contribution >= 4 is 23.4 Å². The van der Waals surface area contributed by atoms with E-state index in [1.54, 1.807) is 0 Å². The molecule has 0 bridgehead atoms. The predicted molar refractivity (Wildman–Crippen MR) is 65.0 cm³/mol. The van der Waals surface area contributed by atoms with Gasteiger partial charge < -0.3 is 11.1 Å². The van der Waals surface area contributed by atoms with E-state index in [4.69, 9.17) is 5.73 Å². The van der Waals surface area contributed by atoms with Crippen LogP contribution in [0, 0.1) is 6.92 Å². The second-order valence-electron chi connectivity index (χ2n) is 3.28. The van der Waals surface area contributed by atoms with E-state index in [2.05, 4.69) is 5.32 Å². The maximum absolute atomic E-state index is 11.2. The number of carbonyl (C=O) groups excluding carboxylic acids is 1. The molecule has 0 heterocycles. The number of anilines is 1. The number of nitrogens with two attached hydrogens (primary N) is 1. The molecule has 0 atom stereocenters. The number of hydrogen-bond donors (Lipinski definition) is 2. The standard InChI is InChI=1S/C11H16N2OS/c1-3-13-11(14)7-15-10-6-8(2)4-5-9(10)12/h4-6H,3,7,12H2,1-2H3,(H,13,14). The van der Waals surface area contributed by atoms with Gasteiger partial charge in [-0.15, -0.1) is 11.8 Å². The van der Waals surface area contributed by atoms with E-state index in [1.165, 1.54) is 11.8 Å². The Hall–Kier alpha value is -1.16. The average molecular weight is 224 g/mol. The summed E-state index contributed by atoms with van der Waals surface area (Å²) < 4.78 is 0. The minimum absolute atomic E-state index is 0.0448. The molecule has 3 N–H and O–H groups in total. The van der Waals surface area contributed by atoms with Gasteiger partial charge in [-0.25, -0.2) is 0 Å². The molecule has 0 aliphatic rings. The number of aryl methyl sites for hydroxylation is 1. The van der Waals surface area contributed by atoms with Crippen LogP contribution < -0.4 is 11.1 Å². The smallest absolute Gasteiger partial charge is 0.230 e. The van der Waals surface area contributed by atoms with Gasteiger partial charge in [-0.1, -0.05) is 6.07 Å². The molecule has 0 aliphatic carbocycles. The van der Waals surface area contributed by atoms with Crippen LogP contribution in [0.1, 0.15) is 12.5 Å². The second kappa shape index (κ2) is 5.66. The lowest BCUT2D eigenvalue weighted by atomic mass is 10.2. The minimum Gasteiger partial charge on any atom is -0.398 e. The highest BCUT2D eigenvalue weighted by molar-refractivity contribution is 8.00. The highest BCUT2D eigenvalue weighted by atomic mass is 32.2. The number of nitrogen functional groups attached to an aromatic ring is 1. The quantitative estimate of drug-likeness (QED) is 0.606. The van der Waals surface area contributed by atoms with Crippen molar-refractivity contribution in [3.63, 3.8) is 0 Å². The van der Waals surface area contributed by atoms with Crippen molar-refractivity contribution < 1.29 is 4.79 Å². The third kappa shape index (κ3) is 3.83. The highest BCUT2D eigenvalue weighted by Crippen LogP contribution is 2.25. The SMILES string of the molecule is CCNC(=O)CSc1cc(C)ccc1N. The molecule has 0 saturated carbocycles. The number of rotatable bonds is 4. The Morgan fingerprint density at radius 2 is 2.27 bits per heavy atom. The fourth-order valence-electron chi connectivity index (χ4n) is 1.16. The van der Waals surface area contributed by atoms with Gasteiger partial charge in [-0.05, 0) is 31.5 Å². The lowest BCUT2D eigenvalue weighted by molar-refractivity contribution is -0.118. The topological polar surface area (TPSA) is 55.1 Å². The van der Waals surface area contributed by atoms with Gasteiger partial charge in [-0.3, -0.25) is 4.79 Å². The van der Waals surface area contributed by atoms with Gasteiger partial charge in [0.2, 0.25) is 5.91 Å². The highest BCUT2D eigenvalue weighted by Gasteiger charge is 2.04. The van der Waals surface area contributed by atoms with Crippen LogP contribution >= 0.6 is 11.8 Å². The summed E-state index contributed by atoms with van der Waals surface area (Å²) in [6.07, 6.45) is 0. The lowest BCUT2D eigenvalue weighted by Gasteiger charge is -2.06. The molecule has 15 heavy (non-hydrogen) atoms. The van der Waals surface area contributed by atoms with Gasteiger partial charge >= 0.3 is 0 Å². The Bertz CT molecular complexity index is 352. The number of hydrogen-bond acceptors (Lipinski definition) is 3. The maximum Gasteiger partial charge on any atom is 0.230 e. The van der Waals surface area contributed by atoms with Crippen LogP contribution in [0.3, 0.4) is 0 Å². The summed E-state index contributed by atoms with van der Waals surface area (Å²) in [6.45, 7) is 4.59. The Balaban J connectivity index is 2.57. The van der Waals surface area contributed by atoms with Crippen molar-refractivity contribution in [1.29, 1.82) is 0 Å². The van der Waals surface area contributed by atoms with E-state index in [0.717, 1.165) is 16.1 Å². The molecule has 1 rings (SSSR count). The summed E-state index contributed by atoms with van der Waals surface area (Å²) in [5.41, 5.74) is 7.68. The van der Waals surface area contributed by atoms with E-state index in [-0.39, 0.29) is 5.91 Å². The molecular weight excluding hydrogens is 208 g/mol. The van der Waals surface area contributed by atoms with Crippen LogP contribution in [-0.2, 0) is 4.79 Å². The van der Waals surface area contributed by atoms with Gasteiger partial charge in [0.05, 0.1) is 5.75 Å². The van der Waals surface area contributed by atoms with Crippen LogP contribution in [-0.4, -0.2) is 18.2 Å². The number of thioether (sulfide) groups is 1. The molecule has 1 aromatic rings. The normalized spacial score (nSPS) is 10.0. The predicted octanol–water partition coefficient (Wildman–Crippen LogP) is 1.81. The molecule has 4 heteroatoms. The van der Waals surface area contributed by atoms with Crippen molar-refractivity contribution in [1.82, 2.24) is 5.32 Å². The van der Waals surface area contributed by atoms with Crippen molar-refractivity contribution in [3.8, 4) is 0 Å². The lowest BCUT2D eigenvalue weighted by Crippen LogP contribution is -2.24. The zero-order valence-electron chi connectivity index (χ0n) is 9.04. The summed E-state index contributed by atoms with van der Waals surface area (Å²) >= 11 is 1.47. The van der Waals surface area contributed by atoms with Crippen molar-refractivity contribution in [3.05, 3.63) is 23.8 Å². The van der Waals surface area contributed by atoms with Gasteiger partial charge in [0.25, 0.3) is 0 Å². The minimum atomic E-state index is 0.0448. The summed E-state index contributed by atoms with van der Waals surface area (Å²) in [6, 6.07) is 5.83. The Kier molecular flexibility index (Phi) is 4.49. The van der Waals surface area contributed by atoms with E-state index < -0.39 is 0 Å². The molecule has 3 nitrogen and oxygen atoms in total. The van der Waals surface area contributed by atoms with E-state index >= 15 is 0 Å². The monoisotopic (exact) mass is 224 g/mol. The molecule has 0 radical (unpaired) electrons. The largest absolute Gasteiger partial charge is 0.398 e. The molecule has 0 fully saturated rings. The van der Waals surface area contributed by atoms with E-state index in [1.807, 2.05) is 32.0 Å². The molecule has 0 spiro atoms. The average Bonchev–Trinajstić information content (AvgIpc) is 2.20. The second-order valence-corrected chi connectivity index (χ2v) is 4.30. The fraction of sp³-hybridized carbons (Fsp3) is 0.364. The van der Waals surface area contributed by atoms with Crippen LogP contribution in [0.15, 0.2) is 23.1 Å². The molecule has 1 aromatic carbocycles. The number of amides is 1. The van der Waals surface area contributed by atoms with Crippen molar-refractivity contribution in [2.75, 3.05) is 18.0 Å². The van der Waals surface area contributed by atoms with Gasteiger partial charge in [0.15, 0.2) is 0 Å².